The summed E-state index contributed by atoms with van der Waals surface area (Å²) in [6, 6.07) is 0. The van der Waals surface area contributed by atoms with Gasteiger partial charge in [-0.15, -0.1) is 0 Å². The summed E-state index contributed by atoms with van der Waals surface area (Å²) in [6.07, 6.45) is 11.0. The van der Waals surface area contributed by atoms with Crippen LogP contribution < -0.4 is 10.6 Å². The Bertz CT molecular complexity index is 133. The van der Waals surface area contributed by atoms with Gasteiger partial charge in [0.05, 0.1) is 0 Å². The zero-order valence-electron chi connectivity index (χ0n) is 6.84. The molecule has 66 valence electrons. The average Bonchev–Trinajstić information content (AvgIpc) is 2.64. The molecule has 0 unspecified atom stereocenters. The van der Waals surface area contributed by atoms with Gasteiger partial charge in [-0.1, -0.05) is 18.2 Å². The van der Waals surface area contributed by atoms with Gasteiger partial charge in [-0.3, -0.25) is 0 Å². The van der Waals surface area contributed by atoms with Crippen LogP contribution in [0.25, 0.3) is 0 Å². The van der Waals surface area contributed by atoms with Gasteiger partial charge in [-0.05, 0) is 19.0 Å². The van der Waals surface area contributed by atoms with Crippen LogP contribution in [0.5, 0.6) is 0 Å². The predicted octanol–water partition coefficient (Wildman–Crippen LogP) is 1.52. The van der Waals surface area contributed by atoms with Gasteiger partial charge < -0.3 is 10.6 Å². The Morgan fingerprint density at radius 1 is 1.09 bits per heavy atom. The van der Waals surface area contributed by atoms with Crippen molar-refractivity contribution in [2.24, 2.45) is 0 Å². The maximum atomic E-state index is 3.11. The second-order valence-electron chi connectivity index (χ2n) is 2.63. The van der Waals surface area contributed by atoms with Gasteiger partial charge in [-0.25, -0.2) is 0 Å². The number of allylic oxidation sites excluding steroid dienone is 1. The van der Waals surface area contributed by atoms with E-state index < -0.39 is 0 Å². The van der Waals surface area contributed by atoms with Crippen LogP contribution in [0.3, 0.4) is 0 Å². The summed E-state index contributed by atoms with van der Waals surface area (Å²) in [5, 5.41) is 6.22. The Morgan fingerprint density at radius 3 is 2.09 bits per heavy atom. The minimum Gasteiger partial charge on any atom is -0.391 e. The quantitative estimate of drug-likeness (QED) is 0.520. The summed E-state index contributed by atoms with van der Waals surface area (Å²) < 4.78 is 0. The SMILES string of the molecule is C1=CCNC1.C1=CNCCC1.[HH].[HH]. The van der Waals surface area contributed by atoms with Gasteiger partial charge in [0.1, 0.15) is 0 Å². The highest BCUT2D eigenvalue weighted by Crippen LogP contribution is 1.91. The van der Waals surface area contributed by atoms with Crippen LogP contribution in [-0.2, 0) is 0 Å². The van der Waals surface area contributed by atoms with E-state index in [1.54, 1.807) is 0 Å². The lowest BCUT2D eigenvalue weighted by atomic mass is 10.2. The normalized spacial score (nSPS) is 20.4. The Balaban J connectivity index is 0. The van der Waals surface area contributed by atoms with Crippen LogP contribution in [-0.4, -0.2) is 19.6 Å². The van der Waals surface area contributed by atoms with Crippen molar-refractivity contribution < 1.29 is 2.85 Å². The van der Waals surface area contributed by atoms with Crippen molar-refractivity contribution in [2.45, 2.75) is 12.8 Å². The van der Waals surface area contributed by atoms with E-state index in [2.05, 4.69) is 28.9 Å². The second-order valence-corrected chi connectivity index (χ2v) is 2.63. The van der Waals surface area contributed by atoms with Crippen molar-refractivity contribution in [2.75, 3.05) is 19.6 Å². The molecule has 0 radical (unpaired) electrons. The molecule has 2 N–H and O–H groups in total. The standard InChI is InChI=1S/C5H9N.C4H7N.2H2/c1-2-4-6-5-3-1;1-2-4-5-3-1;;/h2,4,6H,1,3,5H2;1-2,5H,3-4H2;2*1H. The first-order valence-corrected chi connectivity index (χ1v) is 4.24. The summed E-state index contributed by atoms with van der Waals surface area (Å²) in [6.45, 7) is 3.30. The molecule has 0 bridgehead atoms. The predicted molar refractivity (Wildman–Crippen MR) is 52.6 cm³/mol. The Kier molecular flexibility index (Phi) is 4.54. The first kappa shape index (κ1) is 8.34. The molecule has 0 fully saturated rings. The van der Waals surface area contributed by atoms with E-state index in [9.17, 15) is 0 Å². The summed E-state index contributed by atoms with van der Waals surface area (Å²) in [5.74, 6) is 0. The van der Waals surface area contributed by atoms with Crippen molar-refractivity contribution in [3.63, 3.8) is 0 Å². The first-order chi connectivity index (χ1) is 5.50. The van der Waals surface area contributed by atoms with Crippen LogP contribution in [0.2, 0.25) is 0 Å². The van der Waals surface area contributed by atoms with E-state index in [-0.39, 0.29) is 2.85 Å². The lowest BCUT2D eigenvalue weighted by Crippen LogP contribution is -2.09. The van der Waals surface area contributed by atoms with Crippen molar-refractivity contribution >= 4 is 0 Å². The molecular formula is C9H20N2. The summed E-state index contributed by atoms with van der Waals surface area (Å²) in [4.78, 5) is 0. The molecular weight excluding hydrogens is 136 g/mol. The van der Waals surface area contributed by atoms with Gasteiger partial charge in [-0.2, -0.15) is 0 Å². The Labute approximate surface area is 71.3 Å². The molecule has 0 spiro atoms. The molecule has 0 saturated heterocycles. The Hall–Kier alpha value is -0.760. The molecule has 0 aliphatic carbocycles. The molecule has 2 nitrogen and oxygen atoms in total. The summed E-state index contributed by atoms with van der Waals surface area (Å²) in [5.41, 5.74) is 0. The van der Waals surface area contributed by atoms with Crippen LogP contribution in [0, 0.1) is 0 Å². The highest BCUT2D eigenvalue weighted by Gasteiger charge is 1.84. The first-order valence-electron chi connectivity index (χ1n) is 4.24. The number of hydrogen-bond acceptors (Lipinski definition) is 2. The van der Waals surface area contributed by atoms with E-state index in [0.717, 1.165) is 19.6 Å². The molecule has 0 saturated carbocycles. The van der Waals surface area contributed by atoms with Gasteiger partial charge >= 0.3 is 0 Å². The summed E-state index contributed by atoms with van der Waals surface area (Å²) in [7, 11) is 0. The number of hydrogen-bond donors (Lipinski definition) is 2. The lowest BCUT2D eigenvalue weighted by Gasteiger charge is -2.02. The maximum Gasteiger partial charge on any atom is 0.0144 e. The number of nitrogens with one attached hydrogen (secondary N) is 2. The molecule has 2 heterocycles. The van der Waals surface area contributed by atoms with Gasteiger partial charge in [0.2, 0.25) is 0 Å². The van der Waals surface area contributed by atoms with E-state index in [0.29, 0.717) is 0 Å². The highest BCUT2D eigenvalue weighted by molar-refractivity contribution is 4.92. The molecule has 0 aromatic heterocycles. The third-order valence-electron chi connectivity index (χ3n) is 1.62. The fraction of sp³-hybridized carbons (Fsp3) is 0.556. The minimum atomic E-state index is 0. The van der Waals surface area contributed by atoms with E-state index >= 15 is 0 Å². The molecule has 0 aromatic carbocycles. The van der Waals surface area contributed by atoms with Gasteiger partial charge in [0, 0.05) is 22.5 Å². The molecule has 2 rings (SSSR count). The monoisotopic (exact) mass is 156 g/mol. The van der Waals surface area contributed by atoms with E-state index in [1.165, 1.54) is 12.8 Å². The maximum absolute atomic E-state index is 3.11. The smallest absolute Gasteiger partial charge is 0.0144 e. The fourth-order valence-electron chi connectivity index (χ4n) is 0.989. The van der Waals surface area contributed by atoms with E-state index in [1.807, 2.05) is 6.20 Å². The molecule has 0 aromatic rings. The minimum absolute atomic E-state index is 0. The van der Waals surface area contributed by atoms with Crippen LogP contribution in [0.1, 0.15) is 15.7 Å². The summed E-state index contributed by atoms with van der Waals surface area (Å²) >= 11 is 0. The largest absolute Gasteiger partial charge is 0.391 e. The van der Waals surface area contributed by atoms with Crippen LogP contribution in [0.4, 0.5) is 0 Å². The van der Waals surface area contributed by atoms with Crippen LogP contribution in [0.15, 0.2) is 24.4 Å². The third kappa shape index (κ3) is 4.62. The fourth-order valence-corrected chi connectivity index (χ4v) is 0.989. The third-order valence-corrected chi connectivity index (χ3v) is 1.62. The zero-order chi connectivity index (χ0) is 7.78. The average molecular weight is 156 g/mol. The van der Waals surface area contributed by atoms with Crippen molar-refractivity contribution in [1.29, 1.82) is 0 Å². The van der Waals surface area contributed by atoms with Gasteiger partial charge in [0.25, 0.3) is 0 Å². The molecule has 0 atom stereocenters. The molecule has 0 amide bonds. The molecule has 2 aliphatic heterocycles. The van der Waals surface area contributed by atoms with Crippen molar-refractivity contribution in [3.8, 4) is 0 Å². The molecule has 11 heavy (non-hydrogen) atoms. The second kappa shape index (κ2) is 5.98. The topological polar surface area (TPSA) is 24.1 Å². The van der Waals surface area contributed by atoms with E-state index in [4.69, 9.17) is 0 Å². The van der Waals surface area contributed by atoms with Crippen molar-refractivity contribution in [3.05, 3.63) is 24.4 Å². The number of rotatable bonds is 0. The van der Waals surface area contributed by atoms with Gasteiger partial charge in [0.15, 0.2) is 0 Å². The lowest BCUT2D eigenvalue weighted by molar-refractivity contribution is 0.728. The highest BCUT2D eigenvalue weighted by atomic mass is 14.9. The zero-order valence-corrected chi connectivity index (χ0v) is 6.84. The Morgan fingerprint density at radius 2 is 1.91 bits per heavy atom. The van der Waals surface area contributed by atoms with Crippen molar-refractivity contribution in [1.82, 2.24) is 10.6 Å². The molecule has 2 aliphatic rings. The van der Waals surface area contributed by atoms with Crippen LogP contribution >= 0.6 is 0 Å². The molecule has 2 heteroatoms.